The van der Waals surface area contributed by atoms with Crippen LogP contribution in [0.4, 0.5) is 0 Å². The predicted molar refractivity (Wildman–Crippen MR) is 194 cm³/mol. The van der Waals surface area contributed by atoms with Gasteiger partial charge in [-0.3, -0.25) is 0 Å². The minimum Gasteiger partial charge on any atom is -0.399 e. The maximum absolute atomic E-state index is 6.93. The Labute approximate surface area is 276 Å². The second-order valence-electron chi connectivity index (χ2n) is 13.9. The Kier molecular flexibility index (Phi) is 6.06. The van der Waals surface area contributed by atoms with Gasteiger partial charge in [-0.05, 0) is 79.3 Å². The van der Waals surface area contributed by atoms with E-state index < -0.39 is 23.7 Å². The van der Waals surface area contributed by atoms with Crippen molar-refractivity contribution in [1.29, 1.82) is 0 Å². The molecule has 9 rings (SSSR count). The highest BCUT2D eigenvalue weighted by Gasteiger charge is 2.54. The molecule has 6 aromatic carbocycles. The standard InChI is InChI=1S/C43H36BNO2/c1-41(2)42(3,4)47-44(46-41)36-28-35-38(39-33-25-15-17-27-37(33)45(40(36)39)31-22-12-7-13-23-31)32-24-14-16-26-34(32)43(35,29-18-8-5-9-19-29)30-20-10-6-11-21-30/h5-28H,1-4H3. The Balaban J connectivity index is 1.52. The lowest BCUT2D eigenvalue weighted by molar-refractivity contribution is 0.00578. The first-order valence-corrected chi connectivity index (χ1v) is 16.6. The SMILES string of the molecule is CC1(C)OB(c2cc3c(c4c5ccccc5n(-c5ccccc5)c24)-c2ccccc2C3(c2ccccc2)c2ccccc2)OC1(C)C. The van der Waals surface area contributed by atoms with Crippen LogP contribution < -0.4 is 5.46 Å². The van der Waals surface area contributed by atoms with Gasteiger partial charge in [-0.2, -0.15) is 0 Å². The van der Waals surface area contributed by atoms with Gasteiger partial charge in [-0.15, -0.1) is 0 Å². The number of para-hydroxylation sites is 2. The van der Waals surface area contributed by atoms with Crippen molar-refractivity contribution in [3.63, 3.8) is 0 Å². The maximum atomic E-state index is 6.93. The maximum Gasteiger partial charge on any atom is 0.497 e. The first kappa shape index (κ1) is 28.3. The van der Waals surface area contributed by atoms with Gasteiger partial charge in [0.15, 0.2) is 0 Å². The summed E-state index contributed by atoms with van der Waals surface area (Å²) >= 11 is 0. The highest BCUT2D eigenvalue weighted by atomic mass is 16.7. The van der Waals surface area contributed by atoms with Gasteiger partial charge in [-0.25, -0.2) is 0 Å². The molecule has 1 fully saturated rings. The Morgan fingerprint density at radius 3 is 1.72 bits per heavy atom. The summed E-state index contributed by atoms with van der Waals surface area (Å²) < 4.78 is 16.3. The average molecular weight is 610 g/mol. The molecule has 7 aromatic rings. The molecule has 228 valence electrons. The minimum absolute atomic E-state index is 0.495. The Morgan fingerprint density at radius 2 is 1.09 bits per heavy atom. The summed E-state index contributed by atoms with van der Waals surface area (Å²) in [6.07, 6.45) is 0. The van der Waals surface area contributed by atoms with Crippen LogP contribution >= 0.6 is 0 Å². The predicted octanol–water partition coefficient (Wildman–Crippen LogP) is 9.45. The zero-order valence-corrected chi connectivity index (χ0v) is 27.2. The van der Waals surface area contributed by atoms with Gasteiger partial charge in [0.05, 0.1) is 27.7 Å². The number of hydrogen-bond acceptors (Lipinski definition) is 2. The number of benzene rings is 6. The number of fused-ring (bicyclic) bond motifs is 7. The molecule has 1 aliphatic heterocycles. The number of aromatic nitrogens is 1. The second-order valence-corrected chi connectivity index (χ2v) is 13.9. The smallest absolute Gasteiger partial charge is 0.399 e. The van der Waals surface area contributed by atoms with E-state index in [-0.39, 0.29) is 0 Å². The molecule has 0 N–H and O–H groups in total. The van der Waals surface area contributed by atoms with Crippen LogP contribution in [0.1, 0.15) is 49.9 Å². The molecule has 1 saturated heterocycles. The third-order valence-corrected chi connectivity index (χ3v) is 10.9. The van der Waals surface area contributed by atoms with E-state index in [1.807, 2.05) is 0 Å². The third-order valence-electron chi connectivity index (χ3n) is 10.9. The van der Waals surface area contributed by atoms with Gasteiger partial charge in [0.25, 0.3) is 0 Å². The largest absolute Gasteiger partial charge is 0.497 e. The summed E-state index contributed by atoms with van der Waals surface area (Å²) in [5.41, 5.74) is 10.5. The van der Waals surface area contributed by atoms with Crippen LogP contribution in [-0.2, 0) is 14.7 Å². The molecule has 0 spiro atoms. The van der Waals surface area contributed by atoms with E-state index in [4.69, 9.17) is 9.31 Å². The fourth-order valence-electron chi connectivity index (χ4n) is 8.11. The third kappa shape index (κ3) is 3.83. The molecular weight excluding hydrogens is 573 g/mol. The van der Waals surface area contributed by atoms with Crippen LogP contribution in [0.15, 0.2) is 146 Å². The van der Waals surface area contributed by atoms with Gasteiger partial charge in [0, 0.05) is 21.9 Å². The molecular formula is C43H36BNO2. The molecule has 4 heteroatoms. The molecule has 2 heterocycles. The van der Waals surface area contributed by atoms with Crippen molar-refractivity contribution in [2.45, 2.75) is 44.3 Å². The van der Waals surface area contributed by atoms with Crippen molar-refractivity contribution in [2.24, 2.45) is 0 Å². The summed E-state index contributed by atoms with van der Waals surface area (Å²) in [5, 5.41) is 2.44. The van der Waals surface area contributed by atoms with Crippen LogP contribution in [0, 0.1) is 0 Å². The summed E-state index contributed by atoms with van der Waals surface area (Å²) in [7, 11) is -0.562. The Hall–Kier alpha value is -4.90. The fraction of sp³-hybridized carbons (Fsp3) is 0.163. The van der Waals surface area contributed by atoms with E-state index in [0.29, 0.717) is 0 Å². The minimum atomic E-state index is -0.562. The van der Waals surface area contributed by atoms with Crippen molar-refractivity contribution in [2.75, 3.05) is 0 Å². The molecule has 0 bridgehead atoms. The summed E-state index contributed by atoms with van der Waals surface area (Å²) in [4.78, 5) is 0. The van der Waals surface area contributed by atoms with Crippen molar-refractivity contribution in [3.05, 3.63) is 168 Å². The van der Waals surface area contributed by atoms with Crippen LogP contribution in [0.2, 0.25) is 0 Å². The first-order chi connectivity index (χ1) is 22.8. The number of rotatable bonds is 4. The molecule has 0 unspecified atom stereocenters. The van der Waals surface area contributed by atoms with Crippen molar-refractivity contribution in [1.82, 2.24) is 4.57 Å². The quantitative estimate of drug-likeness (QED) is 0.186. The van der Waals surface area contributed by atoms with E-state index in [0.717, 1.165) is 22.2 Å². The number of nitrogens with zero attached hydrogens (tertiary/aromatic N) is 1. The van der Waals surface area contributed by atoms with Gasteiger partial charge in [0.1, 0.15) is 0 Å². The monoisotopic (exact) mass is 609 g/mol. The molecule has 0 saturated carbocycles. The zero-order valence-electron chi connectivity index (χ0n) is 27.2. The van der Waals surface area contributed by atoms with E-state index in [2.05, 4.69) is 178 Å². The van der Waals surface area contributed by atoms with Crippen LogP contribution in [0.3, 0.4) is 0 Å². The highest BCUT2D eigenvalue weighted by Crippen LogP contribution is 2.58. The lowest BCUT2D eigenvalue weighted by Gasteiger charge is -2.34. The van der Waals surface area contributed by atoms with Crippen molar-refractivity contribution >= 4 is 34.4 Å². The van der Waals surface area contributed by atoms with Crippen LogP contribution in [0.5, 0.6) is 0 Å². The molecule has 1 aromatic heterocycles. The normalized spacial score (nSPS) is 17.2. The van der Waals surface area contributed by atoms with E-state index in [1.54, 1.807) is 0 Å². The van der Waals surface area contributed by atoms with Gasteiger partial charge >= 0.3 is 7.12 Å². The molecule has 0 atom stereocenters. The topological polar surface area (TPSA) is 23.4 Å². The lowest BCUT2D eigenvalue weighted by atomic mass is 9.65. The molecule has 2 aliphatic rings. The van der Waals surface area contributed by atoms with Crippen LogP contribution in [0.25, 0.3) is 38.6 Å². The first-order valence-electron chi connectivity index (χ1n) is 16.6. The van der Waals surface area contributed by atoms with Gasteiger partial charge in [-0.1, -0.05) is 127 Å². The fourth-order valence-corrected chi connectivity index (χ4v) is 8.11. The summed E-state index contributed by atoms with van der Waals surface area (Å²) in [6.45, 7) is 8.55. The average Bonchev–Trinajstić information content (AvgIpc) is 3.67. The second kappa shape index (κ2) is 10.1. The molecule has 0 amide bonds. The van der Waals surface area contributed by atoms with E-state index >= 15 is 0 Å². The van der Waals surface area contributed by atoms with Crippen molar-refractivity contribution in [3.8, 4) is 16.8 Å². The summed E-state index contributed by atoms with van der Waals surface area (Å²) in [6, 6.07) is 52.9. The number of hydrogen-bond donors (Lipinski definition) is 0. The van der Waals surface area contributed by atoms with Crippen molar-refractivity contribution < 1.29 is 9.31 Å². The molecule has 3 nitrogen and oxygen atoms in total. The lowest BCUT2D eigenvalue weighted by Crippen LogP contribution is -2.41. The van der Waals surface area contributed by atoms with Gasteiger partial charge < -0.3 is 13.9 Å². The molecule has 0 radical (unpaired) electrons. The molecule has 1 aliphatic carbocycles. The Bertz CT molecular complexity index is 2250. The van der Waals surface area contributed by atoms with Crippen LogP contribution in [-0.4, -0.2) is 22.9 Å². The van der Waals surface area contributed by atoms with E-state index in [9.17, 15) is 0 Å². The highest BCUT2D eigenvalue weighted by molar-refractivity contribution is 6.65. The zero-order chi connectivity index (χ0) is 32.0. The Morgan fingerprint density at radius 1 is 0.553 bits per heavy atom. The summed E-state index contributed by atoms with van der Waals surface area (Å²) in [5.74, 6) is 0. The van der Waals surface area contributed by atoms with E-state index in [1.165, 1.54) is 44.2 Å². The molecule has 47 heavy (non-hydrogen) atoms. The van der Waals surface area contributed by atoms with Gasteiger partial charge in [0.2, 0.25) is 0 Å².